The molecular formula is C9H8ClN3. The molecule has 0 fully saturated rings. The number of nitrogen functional groups attached to an aromatic ring is 2. The number of fused-ring (bicyclic) bond motifs is 1. The second-order valence-corrected chi connectivity index (χ2v) is 3.17. The van der Waals surface area contributed by atoms with Crippen molar-refractivity contribution in [1.29, 1.82) is 0 Å². The van der Waals surface area contributed by atoms with E-state index in [-0.39, 0.29) is 0 Å². The SMILES string of the molecule is Nc1cnc2c(Cl)cccc2c1N. The highest BCUT2D eigenvalue weighted by Gasteiger charge is 2.04. The molecular weight excluding hydrogens is 186 g/mol. The smallest absolute Gasteiger partial charge is 0.0910 e. The minimum Gasteiger partial charge on any atom is -0.396 e. The Labute approximate surface area is 80.3 Å². The Morgan fingerprint density at radius 2 is 2.00 bits per heavy atom. The molecule has 0 bridgehead atoms. The van der Waals surface area contributed by atoms with E-state index in [0.29, 0.717) is 21.9 Å². The lowest BCUT2D eigenvalue weighted by molar-refractivity contribution is 1.41. The number of benzene rings is 1. The van der Waals surface area contributed by atoms with E-state index >= 15 is 0 Å². The van der Waals surface area contributed by atoms with Gasteiger partial charge in [0.1, 0.15) is 0 Å². The summed E-state index contributed by atoms with van der Waals surface area (Å²) in [4.78, 5) is 4.10. The summed E-state index contributed by atoms with van der Waals surface area (Å²) in [6.07, 6.45) is 1.52. The van der Waals surface area contributed by atoms with Gasteiger partial charge in [-0.05, 0) is 6.07 Å². The van der Waals surface area contributed by atoms with Gasteiger partial charge in [0.15, 0.2) is 0 Å². The zero-order valence-electron chi connectivity index (χ0n) is 6.79. The molecule has 0 aliphatic heterocycles. The van der Waals surface area contributed by atoms with E-state index < -0.39 is 0 Å². The first-order valence-electron chi connectivity index (χ1n) is 3.78. The monoisotopic (exact) mass is 193 g/mol. The summed E-state index contributed by atoms with van der Waals surface area (Å²) >= 11 is 5.92. The third-order valence-electron chi connectivity index (χ3n) is 1.92. The van der Waals surface area contributed by atoms with Crippen molar-refractivity contribution >= 4 is 33.9 Å². The second-order valence-electron chi connectivity index (χ2n) is 2.76. The number of aromatic nitrogens is 1. The number of rotatable bonds is 0. The summed E-state index contributed by atoms with van der Waals surface area (Å²) in [6, 6.07) is 5.44. The fourth-order valence-electron chi connectivity index (χ4n) is 1.22. The fourth-order valence-corrected chi connectivity index (χ4v) is 1.45. The van der Waals surface area contributed by atoms with Crippen molar-refractivity contribution in [2.45, 2.75) is 0 Å². The lowest BCUT2D eigenvalue weighted by Gasteiger charge is -2.04. The van der Waals surface area contributed by atoms with E-state index in [1.54, 1.807) is 6.07 Å². The Morgan fingerprint density at radius 1 is 1.23 bits per heavy atom. The summed E-state index contributed by atoms with van der Waals surface area (Å²) in [5.41, 5.74) is 13.1. The van der Waals surface area contributed by atoms with Crippen LogP contribution < -0.4 is 11.5 Å². The van der Waals surface area contributed by atoms with Crippen molar-refractivity contribution in [3.8, 4) is 0 Å². The second kappa shape index (κ2) is 2.78. The van der Waals surface area contributed by atoms with Crippen LogP contribution in [0.2, 0.25) is 5.02 Å². The van der Waals surface area contributed by atoms with Crippen LogP contribution in [0.1, 0.15) is 0 Å². The highest BCUT2D eigenvalue weighted by atomic mass is 35.5. The van der Waals surface area contributed by atoms with Crippen molar-refractivity contribution in [2.75, 3.05) is 11.5 Å². The van der Waals surface area contributed by atoms with Crippen LogP contribution in [0.15, 0.2) is 24.4 Å². The van der Waals surface area contributed by atoms with Crippen LogP contribution in [0.25, 0.3) is 10.9 Å². The van der Waals surface area contributed by atoms with Gasteiger partial charge in [-0.3, -0.25) is 4.98 Å². The van der Waals surface area contributed by atoms with Crippen molar-refractivity contribution in [1.82, 2.24) is 4.98 Å². The predicted octanol–water partition coefficient (Wildman–Crippen LogP) is 2.05. The minimum atomic E-state index is 0.481. The zero-order valence-corrected chi connectivity index (χ0v) is 7.55. The number of halogens is 1. The molecule has 4 N–H and O–H groups in total. The molecule has 0 aliphatic carbocycles. The van der Waals surface area contributed by atoms with E-state index in [1.165, 1.54) is 6.20 Å². The molecule has 0 spiro atoms. The minimum absolute atomic E-state index is 0.481. The summed E-state index contributed by atoms with van der Waals surface area (Å²) in [7, 11) is 0. The number of nitrogens with zero attached hydrogens (tertiary/aromatic N) is 1. The number of nitrogens with two attached hydrogens (primary N) is 2. The maximum Gasteiger partial charge on any atom is 0.0910 e. The van der Waals surface area contributed by atoms with Crippen LogP contribution in [0.4, 0.5) is 11.4 Å². The molecule has 2 rings (SSSR count). The van der Waals surface area contributed by atoms with Crippen molar-refractivity contribution < 1.29 is 0 Å². The Hall–Kier alpha value is -1.48. The van der Waals surface area contributed by atoms with Gasteiger partial charge < -0.3 is 11.5 Å². The number of hydrogen-bond donors (Lipinski definition) is 2. The number of anilines is 2. The highest BCUT2D eigenvalue weighted by Crippen LogP contribution is 2.28. The Bertz CT molecular complexity index is 468. The maximum absolute atomic E-state index is 5.92. The molecule has 0 amide bonds. The Kier molecular flexibility index (Phi) is 1.74. The van der Waals surface area contributed by atoms with Crippen LogP contribution >= 0.6 is 11.6 Å². The molecule has 0 saturated carbocycles. The molecule has 0 aliphatic rings. The molecule has 0 saturated heterocycles. The molecule has 4 heteroatoms. The van der Waals surface area contributed by atoms with Crippen molar-refractivity contribution in [2.24, 2.45) is 0 Å². The van der Waals surface area contributed by atoms with Gasteiger partial charge >= 0.3 is 0 Å². The number of pyridine rings is 1. The molecule has 3 nitrogen and oxygen atoms in total. The van der Waals surface area contributed by atoms with E-state index in [4.69, 9.17) is 23.1 Å². The highest BCUT2D eigenvalue weighted by molar-refractivity contribution is 6.35. The number of para-hydroxylation sites is 1. The molecule has 66 valence electrons. The standard InChI is InChI=1S/C9H8ClN3/c10-6-3-1-2-5-8(12)7(11)4-13-9(5)6/h1-4H,11H2,(H2,12,13). The molecule has 1 heterocycles. The third kappa shape index (κ3) is 1.17. The first-order valence-corrected chi connectivity index (χ1v) is 4.16. The first-order chi connectivity index (χ1) is 6.20. The molecule has 1 aromatic heterocycles. The van der Waals surface area contributed by atoms with Crippen molar-refractivity contribution in [3.05, 3.63) is 29.4 Å². The average molecular weight is 194 g/mol. The van der Waals surface area contributed by atoms with Gasteiger partial charge in [-0.15, -0.1) is 0 Å². The van der Waals surface area contributed by atoms with E-state index in [9.17, 15) is 0 Å². The fraction of sp³-hybridized carbons (Fsp3) is 0. The van der Waals surface area contributed by atoms with Crippen molar-refractivity contribution in [3.63, 3.8) is 0 Å². The topological polar surface area (TPSA) is 64.9 Å². The Balaban J connectivity index is 2.94. The van der Waals surface area contributed by atoms with E-state index in [0.717, 1.165) is 5.39 Å². The van der Waals surface area contributed by atoms with Gasteiger partial charge in [-0.1, -0.05) is 23.7 Å². The largest absolute Gasteiger partial charge is 0.396 e. The van der Waals surface area contributed by atoms with Crippen LogP contribution in [-0.4, -0.2) is 4.98 Å². The third-order valence-corrected chi connectivity index (χ3v) is 2.23. The molecule has 1 aromatic carbocycles. The summed E-state index contributed by atoms with van der Waals surface area (Å²) < 4.78 is 0. The summed E-state index contributed by atoms with van der Waals surface area (Å²) in [5, 5.41) is 1.39. The zero-order chi connectivity index (χ0) is 9.42. The molecule has 13 heavy (non-hydrogen) atoms. The lowest BCUT2D eigenvalue weighted by Crippen LogP contribution is -1.96. The normalized spacial score (nSPS) is 10.5. The molecule has 0 unspecified atom stereocenters. The summed E-state index contributed by atoms with van der Waals surface area (Å²) in [6.45, 7) is 0. The average Bonchev–Trinajstić information content (AvgIpc) is 2.12. The van der Waals surface area contributed by atoms with Gasteiger partial charge in [0.25, 0.3) is 0 Å². The van der Waals surface area contributed by atoms with Crippen LogP contribution in [0.3, 0.4) is 0 Å². The van der Waals surface area contributed by atoms with Gasteiger partial charge in [0.2, 0.25) is 0 Å². The Morgan fingerprint density at radius 3 is 2.77 bits per heavy atom. The van der Waals surface area contributed by atoms with Crippen LogP contribution in [0, 0.1) is 0 Å². The number of hydrogen-bond acceptors (Lipinski definition) is 3. The summed E-state index contributed by atoms with van der Waals surface area (Å²) in [5.74, 6) is 0. The van der Waals surface area contributed by atoms with Gasteiger partial charge in [0, 0.05) is 5.39 Å². The predicted molar refractivity (Wildman–Crippen MR) is 55.6 cm³/mol. The molecule has 0 atom stereocenters. The van der Waals surface area contributed by atoms with Crippen LogP contribution in [-0.2, 0) is 0 Å². The quantitative estimate of drug-likeness (QED) is 0.673. The van der Waals surface area contributed by atoms with Gasteiger partial charge in [0.05, 0.1) is 28.1 Å². The lowest BCUT2D eigenvalue weighted by atomic mass is 10.2. The maximum atomic E-state index is 5.92. The van der Waals surface area contributed by atoms with E-state index in [1.807, 2.05) is 12.1 Å². The van der Waals surface area contributed by atoms with Gasteiger partial charge in [-0.25, -0.2) is 0 Å². The van der Waals surface area contributed by atoms with Crippen LogP contribution in [0.5, 0.6) is 0 Å². The van der Waals surface area contributed by atoms with E-state index in [2.05, 4.69) is 4.98 Å². The first kappa shape index (κ1) is 8.13. The molecule has 0 radical (unpaired) electrons. The van der Waals surface area contributed by atoms with Gasteiger partial charge in [-0.2, -0.15) is 0 Å². The molecule has 2 aromatic rings.